The molecule has 0 saturated heterocycles. The average Bonchev–Trinajstić information content (AvgIpc) is 2.65. The highest BCUT2D eigenvalue weighted by atomic mass is 32.1. The van der Waals surface area contributed by atoms with Crippen molar-refractivity contribution in [2.75, 3.05) is 32.2 Å². The van der Waals surface area contributed by atoms with Crippen molar-refractivity contribution in [3.8, 4) is 0 Å². The third-order valence-corrected chi connectivity index (χ3v) is 4.31. The highest BCUT2D eigenvalue weighted by Crippen LogP contribution is 2.33. The third kappa shape index (κ3) is 2.86. The molecular weight excluding hydrogens is 260 g/mol. The molecular formula is C13H20N4OS. The monoisotopic (exact) mass is 280 g/mol. The lowest BCUT2D eigenvalue weighted by atomic mass is 10.2. The smallest absolute Gasteiger partial charge is 0.140 e. The van der Waals surface area contributed by atoms with Gasteiger partial charge in [0, 0.05) is 31.6 Å². The molecule has 0 bridgehead atoms. The van der Waals surface area contributed by atoms with Crippen molar-refractivity contribution in [3.63, 3.8) is 0 Å². The molecule has 2 aromatic heterocycles. The lowest BCUT2D eigenvalue weighted by Gasteiger charge is -2.22. The van der Waals surface area contributed by atoms with E-state index in [1.807, 2.05) is 7.05 Å². The minimum Gasteiger partial charge on any atom is -0.383 e. The van der Waals surface area contributed by atoms with E-state index < -0.39 is 0 Å². The molecule has 6 heteroatoms. The SMILES string of the molecule is COCC(N)CN(C)c1ncnc2sc(C)c(C)c12. The van der Waals surface area contributed by atoms with Gasteiger partial charge in [-0.3, -0.25) is 0 Å². The van der Waals surface area contributed by atoms with Crippen molar-refractivity contribution < 1.29 is 4.74 Å². The second kappa shape index (κ2) is 5.81. The zero-order valence-corrected chi connectivity index (χ0v) is 12.6. The lowest BCUT2D eigenvalue weighted by Crippen LogP contribution is -2.38. The van der Waals surface area contributed by atoms with Crippen LogP contribution >= 0.6 is 11.3 Å². The summed E-state index contributed by atoms with van der Waals surface area (Å²) in [6, 6.07) is -0.0277. The number of fused-ring (bicyclic) bond motifs is 1. The molecule has 1 atom stereocenters. The first-order valence-corrected chi connectivity index (χ1v) is 7.02. The van der Waals surface area contributed by atoms with Crippen LogP contribution in [0.25, 0.3) is 10.2 Å². The predicted molar refractivity (Wildman–Crippen MR) is 80.0 cm³/mol. The number of methoxy groups -OCH3 is 1. The van der Waals surface area contributed by atoms with Gasteiger partial charge in [-0.15, -0.1) is 11.3 Å². The summed E-state index contributed by atoms with van der Waals surface area (Å²) in [7, 11) is 3.67. The second-order valence-electron chi connectivity index (χ2n) is 4.76. The molecule has 2 aromatic rings. The molecule has 0 amide bonds. The van der Waals surface area contributed by atoms with Gasteiger partial charge in [0.15, 0.2) is 0 Å². The first kappa shape index (κ1) is 14.2. The fraction of sp³-hybridized carbons (Fsp3) is 0.538. The van der Waals surface area contributed by atoms with Crippen molar-refractivity contribution in [1.82, 2.24) is 9.97 Å². The maximum absolute atomic E-state index is 6.00. The Hall–Kier alpha value is -1.24. The van der Waals surface area contributed by atoms with E-state index in [-0.39, 0.29) is 6.04 Å². The summed E-state index contributed by atoms with van der Waals surface area (Å²) in [5, 5.41) is 1.14. The molecule has 0 aliphatic heterocycles. The molecule has 1 unspecified atom stereocenters. The van der Waals surface area contributed by atoms with Crippen LogP contribution in [0.1, 0.15) is 10.4 Å². The van der Waals surface area contributed by atoms with E-state index in [2.05, 4.69) is 28.7 Å². The van der Waals surface area contributed by atoms with Gasteiger partial charge in [-0.1, -0.05) is 0 Å². The van der Waals surface area contributed by atoms with Crippen LogP contribution in [0, 0.1) is 13.8 Å². The van der Waals surface area contributed by atoms with Crippen LogP contribution in [0.5, 0.6) is 0 Å². The predicted octanol–water partition coefficient (Wildman–Crippen LogP) is 1.72. The number of nitrogens with zero attached hydrogens (tertiary/aromatic N) is 3. The molecule has 0 saturated carbocycles. The van der Waals surface area contributed by atoms with Crippen LogP contribution in [0.4, 0.5) is 5.82 Å². The van der Waals surface area contributed by atoms with E-state index in [0.29, 0.717) is 13.2 Å². The van der Waals surface area contributed by atoms with Crippen molar-refractivity contribution in [3.05, 3.63) is 16.8 Å². The number of nitrogens with two attached hydrogens (primary N) is 1. The van der Waals surface area contributed by atoms with Gasteiger partial charge in [-0.2, -0.15) is 0 Å². The molecule has 2 rings (SSSR count). The molecule has 0 aliphatic rings. The lowest BCUT2D eigenvalue weighted by molar-refractivity contribution is 0.181. The molecule has 2 N–H and O–H groups in total. The van der Waals surface area contributed by atoms with Crippen LogP contribution in [0.2, 0.25) is 0 Å². The molecule has 0 radical (unpaired) electrons. The van der Waals surface area contributed by atoms with Gasteiger partial charge in [-0.25, -0.2) is 9.97 Å². The maximum atomic E-state index is 6.00. The summed E-state index contributed by atoms with van der Waals surface area (Å²) >= 11 is 1.71. The molecule has 0 spiro atoms. The Bertz CT molecular complexity index is 569. The van der Waals surface area contributed by atoms with E-state index in [1.54, 1.807) is 24.8 Å². The highest BCUT2D eigenvalue weighted by molar-refractivity contribution is 7.18. The normalized spacial score (nSPS) is 12.9. The van der Waals surface area contributed by atoms with Crippen molar-refractivity contribution in [1.29, 1.82) is 0 Å². The standard InChI is InChI=1S/C13H20N4OS/c1-8-9(2)19-13-11(8)12(15-7-16-13)17(3)5-10(14)6-18-4/h7,10H,5-6,14H2,1-4H3. The Balaban J connectivity index is 2.34. The van der Waals surface area contributed by atoms with Crippen LogP contribution in [0.3, 0.4) is 0 Å². The number of aromatic nitrogens is 2. The Morgan fingerprint density at radius 2 is 2.16 bits per heavy atom. The summed E-state index contributed by atoms with van der Waals surface area (Å²) in [6.07, 6.45) is 1.62. The van der Waals surface area contributed by atoms with Gasteiger partial charge in [0.25, 0.3) is 0 Å². The maximum Gasteiger partial charge on any atom is 0.140 e. The van der Waals surface area contributed by atoms with Crippen molar-refractivity contribution in [2.24, 2.45) is 5.73 Å². The number of likely N-dealkylation sites (N-methyl/N-ethyl adjacent to an activating group) is 1. The minimum absolute atomic E-state index is 0.0277. The molecule has 104 valence electrons. The number of thiophene rings is 1. The first-order chi connectivity index (χ1) is 9.04. The minimum atomic E-state index is -0.0277. The van der Waals surface area contributed by atoms with E-state index in [9.17, 15) is 0 Å². The topological polar surface area (TPSA) is 64.3 Å². The van der Waals surface area contributed by atoms with Crippen LogP contribution in [0.15, 0.2) is 6.33 Å². The van der Waals surface area contributed by atoms with Gasteiger partial charge in [-0.05, 0) is 19.4 Å². The highest BCUT2D eigenvalue weighted by Gasteiger charge is 2.16. The summed E-state index contributed by atoms with van der Waals surface area (Å²) in [5.41, 5.74) is 7.25. The number of aryl methyl sites for hydroxylation is 2. The number of rotatable bonds is 5. The average molecular weight is 280 g/mol. The summed E-state index contributed by atoms with van der Waals surface area (Å²) in [6.45, 7) is 5.47. The zero-order chi connectivity index (χ0) is 14.0. The van der Waals surface area contributed by atoms with Crippen LogP contribution < -0.4 is 10.6 Å². The Kier molecular flexibility index (Phi) is 4.34. The van der Waals surface area contributed by atoms with Crippen molar-refractivity contribution in [2.45, 2.75) is 19.9 Å². The van der Waals surface area contributed by atoms with E-state index in [0.717, 1.165) is 16.0 Å². The van der Waals surface area contributed by atoms with Gasteiger partial charge < -0.3 is 15.4 Å². The van der Waals surface area contributed by atoms with Crippen LogP contribution in [-0.2, 0) is 4.74 Å². The van der Waals surface area contributed by atoms with E-state index >= 15 is 0 Å². The fourth-order valence-corrected chi connectivity index (χ4v) is 3.15. The number of hydrogen-bond donors (Lipinski definition) is 1. The number of ether oxygens (including phenoxy) is 1. The molecule has 0 aromatic carbocycles. The molecule has 0 fully saturated rings. The third-order valence-electron chi connectivity index (χ3n) is 3.20. The van der Waals surface area contributed by atoms with Gasteiger partial charge >= 0.3 is 0 Å². The molecule has 5 nitrogen and oxygen atoms in total. The van der Waals surface area contributed by atoms with E-state index in [1.165, 1.54) is 10.4 Å². The molecule has 19 heavy (non-hydrogen) atoms. The first-order valence-electron chi connectivity index (χ1n) is 6.21. The van der Waals surface area contributed by atoms with Gasteiger partial charge in [0.05, 0.1) is 12.0 Å². The van der Waals surface area contributed by atoms with Gasteiger partial charge in [0.1, 0.15) is 17.0 Å². The Morgan fingerprint density at radius 1 is 1.42 bits per heavy atom. The van der Waals surface area contributed by atoms with Gasteiger partial charge in [0.2, 0.25) is 0 Å². The summed E-state index contributed by atoms with van der Waals surface area (Å²) in [5.74, 6) is 0.943. The molecule has 2 heterocycles. The van der Waals surface area contributed by atoms with E-state index in [4.69, 9.17) is 10.5 Å². The number of hydrogen-bond acceptors (Lipinski definition) is 6. The quantitative estimate of drug-likeness (QED) is 0.903. The Labute approximate surface area is 117 Å². The zero-order valence-electron chi connectivity index (χ0n) is 11.8. The van der Waals surface area contributed by atoms with Crippen molar-refractivity contribution >= 4 is 27.4 Å². The second-order valence-corrected chi connectivity index (χ2v) is 5.96. The Morgan fingerprint density at radius 3 is 2.84 bits per heavy atom. The largest absolute Gasteiger partial charge is 0.383 e. The molecule has 0 aliphatic carbocycles. The fourth-order valence-electron chi connectivity index (χ4n) is 2.16. The summed E-state index contributed by atoms with van der Waals surface area (Å²) in [4.78, 5) is 13.2. The summed E-state index contributed by atoms with van der Waals surface area (Å²) < 4.78 is 5.07. The van der Waals surface area contributed by atoms with Crippen LogP contribution in [-0.4, -0.2) is 43.3 Å². The number of anilines is 1.